The molecule has 0 fully saturated rings. The van der Waals surface area contributed by atoms with E-state index in [1.165, 1.54) is 0 Å². The topological polar surface area (TPSA) is 12.4 Å². The van der Waals surface area contributed by atoms with Gasteiger partial charge in [0.2, 0.25) is 0 Å². The molecule has 1 aromatic carbocycles. The average Bonchev–Trinajstić information content (AvgIpc) is 2.06. The molecule has 1 aliphatic heterocycles. The molecule has 0 bridgehead atoms. The van der Waals surface area contributed by atoms with Crippen LogP contribution in [0.4, 0.5) is 0 Å². The zero-order chi connectivity index (χ0) is 8.23. The normalized spacial score (nSPS) is 22.8. The van der Waals surface area contributed by atoms with E-state index in [0.29, 0.717) is 0 Å². The van der Waals surface area contributed by atoms with Crippen molar-refractivity contribution in [1.29, 1.82) is 0 Å². The van der Waals surface area contributed by atoms with Crippen LogP contribution < -0.4 is 10.6 Å². The van der Waals surface area contributed by atoms with Crippen molar-refractivity contribution in [3.63, 3.8) is 0 Å². The van der Waals surface area contributed by atoms with Gasteiger partial charge < -0.3 is 0 Å². The van der Waals surface area contributed by atoms with E-state index in [9.17, 15) is 0 Å². The molecule has 13 heavy (non-hydrogen) atoms. The third-order valence-corrected chi connectivity index (χ3v) is 1.73. The van der Waals surface area contributed by atoms with E-state index >= 15 is 0 Å². The van der Waals surface area contributed by atoms with Crippen molar-refractivity contribution in [2.75, 3.05) is 0 Å². The van der Waals surface area contributed by atoms with Crippen molar-refractivity contribution in [2.45, 2.75) is 0 Å². The number of nitrogens with zero attached hydrogens (tertiary/aromatic N) is 1. The molecule has 0 unspecified atom stereocenters. The van der Waals surface area contributed by atoms with Crippen LogP contribution in [0.2, 0.25) is 0 Å². The number of fused-ring (bicyclic) bond motifs is 1. The molecular formula is C11H10ClN. The molecular weight excluding hydrogens is 182 g/mol. The van der Waals surface area contributed by atoms with Gasteiger partial charge >= 0.3 is 0 Å². The molecule has 2 rings (SSSR count). The maximum atomic E-state index is 4.28. The van der Waals surface area contributed by atoms with Crippen LogP contribution in [0.5, 0.6) is 0 Å². The number of hydrogen-bond donors (Lipinski definition) is 0. The Balaban J connectivity index is 0.000000845. The summed E-state index contributed by atoms with van der Waals surface area (Å²) in [7, 11) is 0. The van der Waals surface area contributed by atoms with Gasteiger partial charge in [-0.1, -0.05) is 36.4 Å². The summed E-state index contributed by atoms with van der Waals surface area (Å²) in [5.41, 5.74) is 0. The van der Waals surface area contributed by atoms with Crippen molar-refractivity contribution in [1.82, 2.24) is 0 Å². The molecule has 0 N–H and O–H groups in total. The van der Waals surface area contributed by atoms with Crippen LogP contribution in [0, 0.1) is 0 Å². The van der Waals surface area contributed by atoms with Crippen molar-refractivity contribution < 1.29 is 0 Å². The van der Waals surface area contributed by atoms with Gasteiger partial charge in [0.15, 0.2) is 0 Å². The molecule has 0 amide bonds. The molecule has 0 saturated heterocycles. The molecule has 0 aliphatic carbocycles. The summed E-state index contributed by atoms with van der Waals surface area (Å²) in [4.78, 5) is 4.28. The van der Waals surface area contributed by atoms with Crippen LogP contribution in [-0.4, -0.2) is 0 Å². The number of benzene rings is 1. The van der Waals surface area contributed by atoms with Gasteiger partial charge in [-0.15, -0.1) is 12.4 Å². The van der Waals surface area contributed by atoms with Crippen molar-refractivity contribution in [3.8, 4) is 0 Å². The molecule has 0 saturated carbocycles. The minimum absolute atomic E-state index is 0. The highest BCUT2D eigenvalue weighted by molar-refractivity contribution is 5.85. The fourth-order valence-electron chi connectivity index (χ4n) is 1.14. The van der Waals surface area contributed by atoms with Crippen LogP contribution in [0.1, 0.15) is 0 Å². The van der Waals surface area contributed by atoms with Crippen molar-refractivity contribution >= 4 is 18.5 Å². The van der Waals surface area contributed by atoms with Crippen LogP contribution in [0.25, 0.3) is 6.08 Å². The second-order valence-electron chi connectivity index (χ2n) is 2.58. The Morgan fingerprint density at radius 1 is 0.923 bits per heavy atom. The Hall–Kier alpha value is -1.34. The first-order valence-corrected chi connectivity index (χ1v) is 3.93. The molecule has 0 spiro atoms. The van der Waals surface area contributed by atoms with E-state index in [2.05, 4.69) is 17.1 Å². The van der Waals surface area contributed by atoms with Gasteiger partial charge in [0.1, 0.15) is 0 Å². The smallest absolute Gasteiger partial charge is 0.0701 e. The Labute approximate surface area is 83.2 Å². The highest BCUT2D eigenvalue weighted by atomic mass is 35.5. The largest absolute Gasteiger partial charge is 0.256 e. The second kappa shape index (κ2) is 4.63. The third-order valence-electron chi connectivity index (χ3n) is 1.73. The van der Waals surface area contributed by atoms with Gasteiger partial charge in [-0.05, 0) is 12.1 Å². The van der Waals surface area contributed by atoms with Crippen LogP contribution in [0.15, 0.2) is 53.7 Å². The lowest BCUT2D eigenvalue weighted by molar-refractivity contribution is 1.30. The van der Waals surface area contributed by atoms with Crippen molar-refractivity contribution in [3.05, 3.63) is 59.3 Å². The maximum absolute atomic E-state index is 4.28. The number of rotatable bonds is 0. The molecule has 1 nitrogen and oxygen atoms in total. The number of hydrogen-bond acceptors (Lipinski definition) is 1. The zero-order valence-corrected chi connectivity index (χ0v) is 7.87. The summed E-state index contributed by atoms with van der Waals surface area (Å²) >= 11 is 0. The molecule has 1 heterocycles. The highest BCUT2D eigenvalue weighted by Gasteiger charge is 1.83. The van der Waals surface area contributed by atoms with E-state index < -0.39 is 0 Å². The summed E-state index contributed by atoms with van der Waals surface area (Å²) in [6.45, 7) is 0. The second-order valence-corrected chi connectivity index (χ2v) is 2.58. The Morgan fingerprint density at radius 3 is 2.69 bits per heavy atom. The lowest BCUT2D eigenvalue weighted by Crippen LogP contribution is -2.23. The quantitative estimate of drug-likeness (QED) is 0.591. The van der Waals surface area contributed by atoms with E-state index in [4.69, 9.17) is 0 Å². The lowest BCUT2D eigenvalue weighted by atomic mass is 10.2. The van der Waals surface area contributed by atoms with Gasteiger partial charge in [-0.25, -0.2) is 0 Å². The van der Waals surface area contributed by atoms with Crippen molar-refractivity contribution in [2.24, 2.45) is 4.99 Å². The fourth-order valence-corrected chi connectivity index (χ4v) is 1.14. The maximum Gasteiger partial charge on any atom is 0.0701 e. The average molecular weight is 192 g/mol. The fraction of sp³-hybridized carbons (Fsp3) is 0. The first-order chi connectivity index (χ1) is 5.97. The number of halogens is 1. The summed E-state index contributed by atoms with van der Waals surface area (Å²) < 4.78 is 0. The predicted octanol–water partition coefficient (Wildman–Crippen LogP) is 1.59. The lowest BCUT2D eigenvalue weighted by Gasteiger charge is -1.88. The summed E-state index contributed by atoms with van der Waals surface area (Å²) in [5.74, 6) is 0. The molecule has 0 radical (unpaired) electrons. The summed E-state index contributed by atoms with van der Waals surface area (Å²) in [6.07, 6.45) is 9.78. The van der Waals surface area contributed by atoms with Crippen LogP contribution in [0.3, 0.4) is 0 Å². The first kappa shape index (κ1) is 9.75. The zero-order valence-electron chi connectivity index (χ0n) is 7.05. The third kappa shape index (κ3) is 2.30. The van der Waals surface area contributed by atoms with E-state index in [1.54, 1.807) is 0 Å². The molecule has 0 aromatic heterocycles. The summed E-state index contributed by atoms with van der Waals surface area (Å²) in [5, 5.41) is 2.19. The van der Waals surface area contributed by atoms with Gasteiger partial charge in [-0.3, -0.25) is 4.99 Å². The minimum Gasteiger partial charge on any atom is -0.256 e. The van der Waals surface area contributed by atoms with Crippen LogP contribution in [-0.2, 0) is 0 Å². The molecule has 2 heteroatoms. The first-order valence-electron chi connectivity index (χ1n) is 3.93. The van der Waals surface area contributed by atoms with Gasteiger partial charge in [0.25, 0.3) is 0 Å². The van der Waals surface area contributed by atoms with E-state index in [0.717, 1.165) is 10.6 Å². The summed E-state index contributed by atoms with van der Waals surface area (Å²) in [6, 6.07) is 8.08. The van der Waals surface area contributed by atoms with Crippen LogP contribution >= 0.6 is 12.4 Å². The van der Waals surface area contributed by atoms with Gasteiger partial charge in [-0.2, -0.15) is 0 Å². The molecule has 1 aromatic rings. The molecule has 0 atom stereocenters. The monoisotopic (exact) mass is 191 g/mol. The minimum atomic E-state index is 0. The number of allylic oxidation sites excluding steroid dienone is 3. The van der Waals surface area contributed by atoms with E-state index in [-0.39, 0.29) is 12.4 Å². The highest BCUT2D eigenvalue weighted by Crippen LogP contribution is 1.82. The SMILES string of the molecule is C1=C\C=c2\cccc\c2=N\C=C/1.Cl. The predicted molar refractivity (Wildman–Crippen MR) is 57.2 cm³/mol. The Kier molecular flexibility index (Phi) is 3.47. The Bertz CT molecular complexity index is 400. The molecule has 66 valence electrons. The van der Waals surface area contributed by atoms with Gasteiger partial charge in [0.05, 0.1) is 5.36 Å². The Morgan fingerprint density at radius 2 is 1.77 bits per heavy atom. The standard InChI is InChI=1S/C11H9N.ClH/c1-2-6-10-7-3-4-8-11(10)12-9-5-1;/h1-9H;1H/b2-1-,5-1?,6-2?,9-5-,10-6-,12-9?,12-11-;. The number of para-hydroxylation sites is 1. The van der Waals surface area contributed by atoms with Gasteiger partial charge in [0, 0.05) is 11.4 Å². The van der Waals surface area contributed by atoms with E-state index in [1.807, 2.05) is 42.6 Å². The molecule has 1 aliphatic rings.